The number of hydrogen-bond donors (Lipinski definition) is 1. The summed E-state index contributed by atoms with van der Waals surface area (Å²) < 4.78 is 0. The molecule has 1 saturated heterocycles. The van der Waals surface area contributed by atoms with Crippen LogP contribution in [0.25, 0.3) is 0 Å². The lowest BCUT2D eigenvalue weighted by Gasteiger charge is -1.95. The van der Waals surface area contributed by atoms with Crippen LogP contribution in [0.2, 0.25) is 0 Å². The van der Waals surface area contributed by atoms with Crippen molar-refractivity contribution in [3.8, 4) is 0 Å². The van der Waals surface area contributed by atoms with Crippen LogP contribution in [-0.2, 0) is 0 Å². The molecule has 2 rings (SSSR count). The summed E-state index contributed by atoms with van der Waals surface area (Å²) in [5, 5.41) is 3.41. The summed E-state index contributed by atoms with van der Waals surface area (Å²) in [6, 6.07) is 0.965. The van der Waals surface area contributed by atoms with Gasteiger partial charge in [-0.2, -0.15) is 0 Å². The minimum atomic E-state index is 0.717. The van der Waals surface area contributed by atoms with E-state index >= 15 is 0 Å². The largest absolute Gasteiger partial charge is 0.305 e. The average Bonchev–Trinajstić information content (AvgIpc) is 2.22. The predicted molar refractivity (Wildman–Crippen MR) is 29.2 cm³/mol. The van der Waals surface area contributed by atoms with Crippen molar-refractivity contribution in [1.29, 1.82) is 0 Å². The third kappa shape index (κ3) is 0.367. The van der Waals surface area contributed by atoms with Gasteiger partial charge in [0.1, 0.15) is 0 Å². The van der Waals surface area contributed by atoms with Crippen molar-refractivity contribution in [1.82, 2.24) is 5.32 Å². The lowest BCUT2D eigenvalue weighted by Crippen LogP contribution is -2.06. The Balaban J connectivity index is 1.87. The monoisotopic (exact) mass is 97.1 g/mol. The van der Waals surface area contributed by atoms with Crippen LogP contribution in [-0.4, -0.2) is 11.6 Å². The zero-order valence-corrected chi connectivity index (χ0v) is 4.70. The van der Waals surface area contributed by atoms with E-state index in [0.717, 1.165) is 11.6 Å². The van der Waals surface area contributed by atoms with Gasteiger partial charge in [0.2, 0.25) is 0 Å². The Kier molecular flexibility index (Phi) is 0.487. The third-order valence-corrected chi connectivity index (χ3v) is 2.15. The van der Waals surface area contributed by atoms with E-state index in [0.29, 0.717) is 0 Å². The molecule has 1 N–H and O–H groups in total. The van der Waals surface area contributed by atoms with Gasteiger partial charge in [0.15, 0.2) is 0 Å². The van der Waals surface area contributed by atoms with Crippen molar-refractivity contribution in [2.45, 2.75) is 37.8 Å². The topological polar surface area (TPSA) is 21.9 Å². The van der Waals surface area contributed by atoms with Gasteiger partial charge in [-0.1, -0.05) is 13.3 Å². The van der Waals surface area contributed by atoms with Crippen LogP contribution in [0.3, 0.4) is 0 Å². The molecule has 1 saturated carbocycles. The second kappa shape index (κ2) is 0.873. The van der Waals surface area contributed by atoms with Gasteiger partial charge < -0.3 is 5.32 Å². The fourth-order valence-electron chi connectivity index (χ4n) is 1.38. The molecule has 0 bridgehead atoms. The fraction of sp³-hybridized carbons (Fsp3) is 1.00. The molecule has 0 aromatic rings. The molecule has 0 spiro atoms. The highest BCUT2D eigenvalue weighted by Gasteiger charge is 2.68. The molecule has 40 valence electrons. The molecule has 0 radical (unpaired) electrons. The van der Waals surface area contributed by atoms with E-state index in [-0.39, 0.29) is 0 Å². The molecular weight excluding hydrogens is 86.1 g/mol. The molecule has 0 aromatic heterocycles. The molecule has 1 aliphatic heterocycles. The van der Waals surface area contributed by atoms with Gasteiger partial charge >= 0.3 is 0 Å². The SMILES string of the molecule is CCC[C@]12CC1N2. The Morgan fingerprint density at radius 1 is 1.86 bits per heavy atom. The maximum Gasteiger partial charge on any atom is 0.0354 e. The van der Waals surface area contributed by atoms with Gasteiger partial charge in [-0.3, -0.25) is 0 Å². The van der Waals surface area contributed by atoms with Crippen molar-refractivity contribution >= 4 is 0 Å². The first kappa shape index (κ1) is 3.90. The molecule has 2 fully saturated rings. The van der Waals surface area contributed by atoms with Crippen molar-refractivity contribution < 1.29 is 0 Å². The van der Waals surface area contributed by atoms with Gasteiger partial charge in [0.05, 0.1) is 0 Å². The molecule has 1 aliphatic carbocycles. The molecule has 1 heterocycles. The predicted octanol–water partition coefficient (Wildman–Crippen LogP) is 0.901. The van der Waals surface area contributed by atoms with Crippen LogP contribution in [0.5, 0.6) is 0 Å². The quantitative estimate of drug-likeness (QED) is 0.508. The molecule has 7 heavy (non-hydrogen) atoms. The van der Waals surface area contributed by atoms with Crippen LogP contribution in [0, 0.1) is 0 Å². The maximum atomic E-state index is 3.41. The van der Waals surface area contributed by atoms with E-state index in [9.17, 15) is 0 Å². The van der Waals surface area contributed by atoms with Gasteiger partial charge in [-0.05, 0) is 12.8 Å². The second-order valence-electron chi connectivity index (χ2n) is 2.81. The zero-order chi connectivity index (χ0) is 4.91. The average molecular weight is 97.2 g/mol. The van der Waals surface area contributed by atoms with Gasteiger partial charge in [0.25, 0.3) is 0 Å². The summed E-state index contributed by atoms with van der Waals surface area (Å²) in [6.07, 6.45) is 4.24. The summed E-state index contributed by atoms with van der Waals surface area (Å²) in [5.41, 5.74) is 0.717. The minimum Gasteiger partial charge on any atom is -0.305 e. The van der Waals surface area contributed by atoms with Gasteiger partial charge in [0, 0.05) is 11.6 Å². The summed E-state index contributed by atoms with van der Waals surface area (Å²) in [7, 11) is 0. The van der Waals surface area contributed by atoms with Crippen LogP contribution < -0.4 is 5.32 Å². The molecule has 1 nitrogen and oxygen atoms in total. The Labute approximate surface area is 44.1 Å². The first-order valence-corrected chi connectivity index (χ1v) is 3.15. The maximum absolute atomic E-state index is 3.41. The normalized spacial score (nSPS) is 53.6. The number of nitrogens with one attached hydrogen (secondary N) is 1. The van der Waals surface area contributed by atoms with E-state index in [1.165, 1.54) is 19.3 Å². The van der Waals surface area contributed by atoms with Crippen LogP contribution >= 0.6 is 0 Å². The molecule has 2 atom stereocenters. The summed E-state index contributed by atoms with van der Waals surface area (Å²) in [4.78, 5) is 0. The fourth-order valence-corrected chi connectivity index (χ4v) is 1.38. The first-order valence-electron chi connectivity index (χ1n) is 3.15. The van der Waals surface area contributed by atoms with Crippen molar-refractivity contribution in [2.24, 2.45) is 0 Å². The molecule has 2 aliphatic rings. The lowest BCUT2D eigenvalue weighted by molar-refractivity contribution is 0.630. The Morgan fingerprint density at radius 3 is 2.57 bits per heavy atom. The highest BCUT2D eigenvalue weighted by atomic mass is 15.3. The second-order valence-corrected chi connectivity index (χ2v) is 2.81. The van der Waals surface area contributed by atoms with Crippen LogP contribution in [0.15, 0.2) is 0 Å². The lowest BCUT2D eigenvalue weighted by atomic mass is 10.2. The molecule has 1 unspecified atom stereocenters. The molecule has 0 amide bonds. The molecule has 1 heteroatoms. The smallest absolute Gasteiger partial charge is 0.0354 e. The standard InChI is InChI=1S/C6H11N/c1-2-3-6-4-5(6)7-6/h5,7H,2-4H2,1H3/t5?,6-/m0/s1. The minimum absolute atomic E-state index is 0.717. The van der Waals surface area contributed by atoms with E-state index < -0.39 is 0 Å². The van der Waals surface area contributed by atoms with Gasteiger partial charge in [-0.25, -0.2) is 0 Å². The summed E-state index contributed by atoms with van der Waals surface area (Å²) >= 11 is 0. The Hall–Kier alpha value is -0.0400. The van der Waals surface area contributed by atoms with Crippen molar-refractivity contribution in [3.63, 3.8) is 0 Å². The van der Waals surface area contributed by atoms with E-state index in [1.54, 1.807) is 0 Å². The zero-order valence-electron chi connectivity index (χ0n) is 4.70. The summed E-state index contributed by atoms with van der Waals surface area (Å²) in [5.74, 6) is 0. The highest BCUT2D eigenvalue weighted by molar-refractivity contribution is 5.31. The number of rotatable bonds is 2. The molecular formula is C6H11N. The van der Waals surface area contributed by atoms with E-state index in [2.05, 4.69) is 12.2 Å². The number of hydrogen-bond acceptors (Lipinski definition) is 1. The van der Waals surface area contributed by atoms with E-state index in [4.69, 9.17) is 0 Å². The van der Waals surface area contributed by atoms with Crippen LogP contribution in [0.4, 0.5) is 0 Å². The van der Waals surface area contributed by atoms with Crippen LogP contribution in [0.1, 0.15) is 26.2 Å². The Bertz CT molecular complexity index is 92.4. The summed E-state index contributed by atoms with van der Waals surface area (Å²) in [6.45, 7) is 2.25. The van der Waals surface area contributed by atoms with Crippen molar-refractivity contribution in [3.05, 3.63) is 0 Å². The molecule has 0 aromatic carbocycles. The third-order valence-electron chi connectivity index (χ3n) is 2.15. The first-order chi connectivity index (χ1) is 3.37. The Morgan fingerprint density at radius 2 is 2.43 bits per heavy atom. The van der Waals surface area contributed by atoms with E-state index in [1.807, 2.05) is 0 Å². The van der Waals surface area contributed by atoms with Gasteiger partial charge in [-0.15, -0.1) is 0 Å². The highest BCUT2D eigenvalue weighted by Crippen LogP contribution is 2.54. The number of fused-ring (bicyclic) bond motifs is 1. The van der Waals surface area contributed by atoms with Crippen molar-refractivity contribution in [2.75, 3.05) is 0 Å².